The molecular weight excluding hydrogens is 646 g/mol. The Morgan fingerprint density at radius 3 is 1.60 bits per heavy atom. The molecule has 0 aliphatic carbocycles. The number of nitrogens with zero attached hydrogens (tertiary/aromatic N) is 2. The highest BCUT2D eigenvalue weighted by Gasteiger charge is 2.12. The molecule has 2 rings (SSSR count). The number of halogens is 5. The van der Waals surface area contributed by atoms with Crippen LogP contribution < -0.4 is 15.4 Å². The average Bonchev–Trinajstić information content (AvgIpc) is 2.89. The van der Waals surface area contributed by atoms with E-state index in [0.29, 0.717) is 0 Å². The SMILES string of the molecule is Cc1cc(CNCCCN(C)C)c(OCCCCCCCCc2ccc(Cl)cc2)c(CNCCCN(C)C)c1.Cl.Cl.Cl.Cl. The van der Waals surface area contributed by atoms with E-state index in [9.17, 15) is 0 Å². The minimum absolute atomic E-state index is 0. The molecule has 10 heteroatoms. The van der Waals surface area contributed by atoms with Gasteiger partial charge in [-0.25, -0.2) is 0 Å². The van der Waals surface area contributed by atoms with Gasteiger partial charge in [0, 0.05) is 29.2 Å². The Balaban J connectivity index is -0.00000400. The van der Waals surface area contributed by atoms with Crippen molar-refractivity contribution in [2.75, 3.05) is 61.0 Å². The Morgan fingerprint density at radius 2 is 1.12 bits per heavy atom. The minimum Gasteiger partial charge on any atom is -0.493 e. The third kappa shape index (κ3) is 22.6. The smallest absolute Gasteiger partial charge is 0.128 e. The molecule has 0 atom stereocenters. The molecule has 0 fully saturated rings. The molecule has 0 saturated heterocycles. The molecule has 43 heavy (non-hydrogen) atoms. The van der Waals surface area contributed by atoms with Crippen molar-refractivity contribution >= 4 is 61.2 Å². The van der Waals surface area contributed by atoms with Crippen molar-refractivity contribution in [1.29, 1.82) is 0 Å². The van der Waals surface area contributed by atoms with Gasteiger partial charge in [-0.1, -0.05) is 67.1 Å². The third-order valence-electron chi connectivity index (χ3n) is 6.96. The first-order valence-electron chi connectivity index (χ1n) is 15.1. The second-order valence-electron chi connectivity index (χ2n) is 11.4. The summed E-state index contributed by atoms with van der Waals surface area (Å²) in [5, 5.41) is 8.11. The van der Waals surface area contributed by atoms with Crippen LogP contribution in [0.4, 0.5) is 0 Å². The van der Waals surface area contributed by atoms with E-state index in [4.69, 9.17) is 16.3 Å². The summed E-state index contributed by atoms with van der Waals surface area (Å²) in [6.07, 6.45) is 10.9. The van der Waals surface area contributed by atoms with Crippen LogP contribution in [-0.4, -0.2) is 70.8 Å². The first-order valence-corrected chi connectivity index (χ1v) is 15.4. The highest BCUT2D eigenvalue weighted by molar-refractivity contribution is 6.30. The van der Waals surface area contributed by atoms with E-state index >= 15 is 0 Å². The molecule has 0 saturated carbocycles. The Hall–Kier alpha value is -0.470. The number of benzene rings is 2. The zero-order chi connectivity index (χ0) is 28.3. The Kier molecular flexibility index (Phi) is 31.6. The summed E-state index contributed by atoms with van der Waals surface area (Å²) in [5.74, 6) is 1.09. The number of hydrogen-bond acceptors (Lipinski definition) is 5. The first-order chi connectivity index (χ1) is 18.8. The fraction of sp³-hybridized carbons (Fsp3) is 0.636. The van der Waals surface area contributed by atoms with Crippen LogP contribution in [0.2, 0.25) is 5.02 Å². The van der Waals surface area contributed by atoms with Gasteiger partial charge in [-0.15, -0.1) is 49.6 Å². The van der Waals surface area contributed by atoms with Crippen LogP contribution in [0.3, 0.4) is 0 Å². The number of unbranched alkanes of at least 4 members (excludes halogenated alkanes) is 5. The van der Waals surface area contributed by atoms with Crippen LogP contribution in [0.1, 0.15) is 73.6 Å². The van der Waals surface area contributed by atoms with Crippen LogP contribution in [0.25, 0.3) is 0 Å². The van der Waals surface area contributed by atoms with Gasteiger partial charge in [-0.2, -0.15) is 0 Å². The van der Waals surface area contributed by atoms with Crippen LogP contribution in [0, 0.1) is 6.92 Å². The molecule has 2 aromatic rings. The lowest BCUT2D eigenvalue weighted by atomic mass is 10.0. The van der Waals surface area contributed by atoms with Gasteiger partial charge in [-0.3, -0.25) is 0 Å². The molecule has 0 amide bonds. The van der Waals surface area contributed by atoms with Gasteiger partial charge in [0.1, 0.15) is 5.75 Å². The standard InChI is InChI=1S/C33H55ClN4O.4ClH/c1-28-24-30(26-35-19-12-21-37(2)3)33(31(25-28)27-36-20-13-22-38(4)5)39-23-11-9-7-6-8-10-14-29-15-17-32(34)18-16-29;;;;/h15-18,24-25,35-36H,6-14,19-23,26-27H2,1-5H3;4*1H. The van der Waals surface area contributed by atoms with Gasteiger partial charge in [0.05, 0.1) is 6.61 Å². The maximum absolute atomic E-state index is 6.50. The van der Waals surface area contributed by atoms with Crippen molar-refractivity contribution in [2.45, 2.75) is 77.8 Å². The van der Waals surface area contributed by atoms with Crippen LogP contribution in [0.15, 0.2) is 36.4 Å². The Morgan fingerprint density at radius 1 is 0.651 bits per heavy atom. The molecule has 0 aliphatic rings. The molecule has 0 aliphatic heterocycles. The Labute approximate surface area is 293 Å². The van der Waals surface area contributed by atoms with E-state index in [2.05, 4.69) is 79.8 Å². The van der Waals surface area contributed by atoms with Crippen LogP contribution in [0.5, 0.6) is 5.75 Å². The number of aryl methyl sites for hydroxylation is 2. The molecule has 0 radical (unpaired) electrons. The number of rotatable bonds is 22. The lowest BCUT2D eigenvalue weighted by molar-refractivity contribution is 0.296. The summed E-state index contributed by atoms with van der Waals surface area (Å²) in [5.41, 5.74) is 5.26. The number of nitrogens with one attached hydrogen (secondary N) is 2. The van der Waals surface area contributed by atoms with Crippen LogP contribution >= 0.6 is 61.2 Å². The van der Waals surface area contributed by atoms with Crippen LogP contribution in [-0.2, 0) is 19.5 Å². The zero-order valence-corrected chi connectivity index (χ0v) is 31.1. The molecule has 0 spiro atoms. The normalized spacial score (nSPS) is 10.5. The van der Waals surface area contributed by atoms with Gasteiger partial charge in [0.25, 0.3) is 0 Å². The first kappa shape index (κ1) is 46.9. The van der Waals surface area contributed by atoms with Crippen molar-refractivity contribution in [1.82, 2.24) is 20.4 Å². The molecule has 0 unspecified atom stereocenters. The molecule has 0 heterocycles. The summed E-state index contributed by atoms with van der Waals surface area (Å²) in [7, 11) is 8.52. The highest BCUT2D eigenvalue weighted by Crippen LogP contribution is 2.27. The summed E-state index contributed by atoms with van der Waals surface area (Å²) in [6, 6.07) is 12.9. The second kappa shape index (κ2) is 29.0. The van der Waals surface area contributed by atoms with E-state index in [1.165, 1.54) is 54.4 Å². The molecule has 252 valence electrons. The van der Waals surface area contributed by atoms with Gasteiger partial charge >= 0.3 is 0 Å². The summed E-state index contributed by atoms with van der Waals surface area (Å²) in [6.45, 7) is 8.93. The van der Waals surface area contributed by atoms with E-state index < -0.39 is 0 Å². The molecule has 2 N–H and O–H groups in total. The van der Waals surface area contributed by atoms with Gasteiger partial charge in [0.2, 0.25) is 0 Å². The molecule has 0 aromatic heterocycles. The molecule has 2 aromatic carbocycles. The fourth-order valence-corrected chi connectivity index (χ4v) is 4.95. The zero-order valence-electron chi connectivity index (χ0n) is 27.1. The summed E-state index contributed by atoms with van der Waals surface area (Å²) in [4.78, 5) is 4.48. The minimum atomic E-state index is 0. The highest BCUT2D eigenvalue weighted by atomic mass is 35.5. The molecular formula is C33H59Cl5N4O. The predicted octanol–water partition coefficient (Wildman–Crippen LogP) is 8.38. The fourth-order valence-electron chi connectivity index (χ4n) is 4.83. The molecule has 0 bridgehead atoms. The monoisotopic (exact) mass is 702 g/mol. The predicted molar refractivity (Wildman–Crippen MR) is 198 cm³/mol. The quantitative estimate of drug-likeness (QED) is 0.121. The maximum Gasteiger partial charge on any atom is 0.128 e. The van der Waals surface area contributed by atoms with E-state index in [1.54, 1.807) is 0 Å². The van der Waals surface area contributed by atoms with Crippen molar-refractivity contribution in [3.8, 4) is 5.75 Å². The maximum atomic E-state index is 6.50. The lowest BCUT2D eigenvalue weighted by Gasteiger charge is -2.19. The van der Waals surface area contributed by atoms with Gasteiger partial charge < -0.3 is 25.2 Å². The summed E-state index contributed by atoms with van der Waals surface area (Å²) >= 11 is 5.99. The summed E-state index contributed by atoms with van der Waals surface area (Å²) < 4.78 is 6.50. The second-order valence-corrected chi connectivity index (χ2v) is 11.9. The van der Waals surface area contributed by atoms with Crippen molar-refractivity contribution in [2.24, 2.45) is 0 Å². The van der Waals surface area contributed by atoms with Crippen molar-refractivity contribution in [3.63, 3.8) is 0 Å². The average molecular weight is 705 g/mol. The molecule has 5 nitrogen and oxygen atoms in total. The van der Waals surface area contributed by atoms with E-state index in [1.807, 2.05) is 12.1 Å². The third-order valence-corrected chi connectivity index (χ3v) is 7.21. The van der Waals surface area contributed by atoms with Crippen molar-refractivity contribution < 1.29 is 4.74 Å². The van der Waals surface area contributed by atoms with Gasteiger partial charge in [0.15, 0.2) is 0 Å². The topological polar surface area (TPSA) is 39.8 Å². The number of hydrogen-bond donors (Lipinski definition) is 2. The number of ether oxygens (including phenoxy) is 1. The lowest BCUT2D eigenvalue weighted by Crippen LogP contribution is -2.23. The van der Waals surface area contributed by atoms with E-state index in [0.717, 1.165) is 82.3 Å². The largest absolute Gasteiger partial charge is 0.493 e. The van der Waals surface area contributed by atoms with E-state index in [-0.39, 0.29) is 49.6 Å². The van der Waals surface area contributed by atoms with Gasteiger partial charge in [-0.05, 0) is 111 Å². The van der Waals surface area contributed by atoms with Crippen molar-refractivity contribution in [3.05, 3.63) is 63.7 Å². The Bertz CT molecular complexity index is 878.